The Balaban J connectivity index is 1.40. The van der Waals surface area contributed by atoms with Gasteiger partial charge in [0.25, 0.3) is 0 Å². The fourth-order valence-corrected chi connectivity index (χ4v) is 3.82. The normalized spacial score (nSPS) is 24.5. The molecule has 132 valence electrons. The van der Waals surface area contributed by atoms with Crippen molar-refractivity contribution in [3.8, 4) is 0 Å². The van der Waals surface area contributed by atoms with Crippen molar-refractivity contribution in [3.63, 3.8) is 0 Å². The molecule has 1 aromatic carbocycles. The Morgan fingerprint density at radius 1 is 1.21 bits per heavy atom. The third-order valence-corrected chi connectivity index (χ3v) is 5.37. The Kier molecular flexibility index (Phi) is 5.74. The zero-order valence-corrected chi connectivity index (χ0v) is 14.7. The van der Waals surface area contributed by atoms with Crippen LogP contribution in [-0.2, 0) is 6.42 Å². The van der Waals surface area contributed by atoms with E-state index in [1.807, 2.05) is 16.8 Å². The fraction of sp³-hybridized carbons (Fsp3) is 0.632. The van der Waals surface area contributed by atoms with E-state index < -0.39 is 0 Å². The summed E-state index contributed by atoms with van der Waals surface area (Å²) in [7, 11) is 1.95. The molecule has 2 saturated heterocycles. The molecule has 5 heteroatoms. The Bertz CT molecular complexity index is 535. The minimum Gasteiger partial charge on any atom is -0.326 e. The van der Waals surface area contributed by atoms with Crippen LogP contribution in [-0.4, -0.2) is 72.6 Å². The van der Waals surface area contributed by atoms with Gasteiger partial charge in [-0.1, -0.05) is 30.3 Å². The number of amides is 2. The van der Waals surface area contributed by atoms with Crippen LogP contribution in [0.2, 0.25) is 0 Å². The van der Waals surface area contributed by atoms with E-state index in [9.17, 15) is 4.79 Å². The highest BCUT2D eigenvalue weighted by Crippen LogP contribution is 2.18. The van der Waals surface area contributed by atoms with Crippen molar-refractivity contribution in [3.05, 3.63) is 35.9 Å². The number of aryl methyl sites for hydroxylation is 1. The molecule has 0 spiro atoms. The smallest absolute Gasteiger partial charge is 0.320 e. The number of nitrogens with two attached hydrogens (primary N) is 1. The average Bonchev–Trinajstić information content (AvgIpc) is 3.24. The van der Waals surface area contributed by atoms with Crippen LogP contribution in [0, 0.1) is 0 Å². The molecule has 0 aromatic heterocycles. The Morgan fingerprint density at radius 2 is 2.00 bits per heavy atom. The summed E-state index contributed by atoms with van der Waals surface area (Å²) in [5.74, 6) is 0. The minimum absolute atomic E-state index is 0.152. The van der Waals surface area contributed by atoms with Crippen molar-refractivity contribution in [2.45, 2.75) is 37.8 Å². The van der Waals surface area contributed by atoms with E-state index >= 15 is 0 Å². The topological polar surface area (TPSA) is 52.8 Å². The Morgan fingerprint density at radius 3 is 2.71 bits per heavy atom. The van der Waals surface area contributed by atoms with Gasteiger partial charge in [-0.05, 0) is 37.8 Å². The lowest BCUT2D eigenvalue weighted by Crippen LogP contribution is -2.46. The monoisotopic (exact) mass is 330 g/mol. The standard InChI is InChI=1S/C19H30N4O/c1-21(19(24)23-13-9-17(20)14-23)18-10-12-22(15-18)11-5-8-16-6-3-2-4-7-16/h2-4,6-7,17-18H,5,8-15,20H2,1H3/t17-,18-/m0/s1. The number of hydrogen-bond acceptors (Lipinski definition) is 3. The van der Waals surface area contributed by atoms with E-state index in [1.165, 1.54) is 12.0 Å². The molecule has 0 unspecified atom stereocenters. The number of hydrogen-bond donors (Lipinski definition) is 1. The van der Waals surface area contributed by atoms with Gasteiger partial charge in [-0.3, -0.25) is 0 Å². The highest BCUT2D eigenvalue weighted by molar-refractivity contribution is 5.75. The third-order valence-electron chi connectivity index (χ3n) is 5.37. The van der Waals surface area contributed by atoms with Crippen LogP contribution in [0.25, 0.3) is 0 Å². The maximum Gasteiger partial charge on any atom is 0.320 e. The number of likely N-dealkylation sites (tertiary alicyclic amines) is 2. The van der Waals surface area contributed by atoms with E-state index in [4.69, 9.17) is 5.73 Å². The molecule has 2 amide bonds. The predicted molar refractivity (Wildman–Crippen MR) is 96.9 cm³/mol. The summed E-state index contributed by atoms with van der Waals surface area (Å²) in [5.41, 5.74) is 7.33. The number of nitrogens with zero attached hydrogens (tertiary/aromatic N) is 3. The first-order valence-corrected chi connectivity index (χ1v) is 9.17. The molecule has 24 heavy (non-hydrogen) atoms. The zero-order valence-electron chi connectivity index (χ0n) is 14.7. The highest BCUT2D eigenvalue weighted by atomic mass is 16.2. The second-order valence-electron chi connectivity index (χ2n) is 7.22. The lowest BCUT2D eigenvalue weighted by molar-refractivity contribution is 0.155. The molecule has 5 nitrogen and oxygen atoms in total. The molecule has 3 rings (SSSR count). The van der Waals surface area contributed by atoms with Gasteiger partial charge in [-0.2, -0.15) is 0 Å². The second-order valence-corrected chi connectivity index (χ2v) is 7.22. The molecule has 2 atom stereocenters. The van der Waals surface area contributed by atoms with Gasteiger partial charge >= 0.3 is 6.03 Å². The first kappa shape index (κ1) is 17.2. The van der Waals surface area contributed by atoms with Crippen molar-refractivity contribution in [2.75, 3.05) is 39.8 Å². The van der Waals surface area contributed by atoms with Gasteiger partial charge in [0.1, 0.15) is 0 Å². The molecule has 0 radical (unpaired) electrons. The summed E-state index contributed by atoms with van der Waals surface area (Å²) in [4.78, 5) is 18.9. The molecule has 2 N–H and O–H groups in total. The van der Waals surface area contributed by atoms with Crippen LogP contribution in [0.3, 0.4) is 0 Å². The zero-order chi connectivity index (χ0) is 16.9. The number of urea groups is 1. The molecule has 0 bridgehead atoms. The molecule has 2 aliphatic heterocycles. The lowest BCUT2D eigenvalue weighted by atomic mass is 10.1. The molecule has 1 aromatic rings. The highest BCUT2D eigenvalue weighted by Gasteiger charge is 2.32. The number of carbonyl (C=O) groups is 1. The Hall–Kier alpha value is -1.59. The maximum absolute atomic E-state index is 12.6. The van der Waals surface area contributed by atoms with E-state index in [2.05, 4.69) is 35.2 Å². The number of rotatable bonds is 5. The van der Waals surface area contributed by atoms with Crippen LogP contribution < -0.4 is 5.73 Å². The SMILES string of the molecule is CN(C(=O)N1CC[C@H](N)C1)[C@H]1CCN(CCCc2ccccc2)C1. The van der Waals surface area contributed by atoms with Gasteiger partial charge in [-0.25, -0.2) is 4.79 Å². The molecule has 2 heterocycles. The minimum atomic E-state index is 0.152. The number of carbonyl (C=O) groups excluding carboxylic acids is 1. The van der Waals surface area contributed by atoms with E-state index in [1.54, 1.807) is 0 Å². The van der Waals surface area contributed by atoms with Crippen molar-refractivity contribution in [1.29, 1.82) is 0 Å². The van der Waals surface area contributed by atoms with Gasteiger partial charge in [0.2, 0.25) is 0 Å². The fourth-order valence-electron chi connectivity index (χ4n) is 3.82. The average molecular weight is 330 g/mol. The van der Waals surface area contributed by atoms with Crippen LogP contribution in [0.15, 0.2) is 30.3 Å². The summed E-state index contributed by atoms with van der Waals surface area (Å²) < 4.78 is 0. The maximum atomic E-state index is 12.6. The second kappa shape index (κ2) is 7.99. The lowest BCUT2D eigenvalue weighted by Gasteiger charge is -2.29. The Labute approximate surface area is 145 Å². The van der Waals surface area contributed by atoms with E-state index in [0.29, 0.717) is 12.6 Å². The van der Waals surface area contributed by atoms with Gasteiger partial charge in [0, 0.05) is 45.3 Å². The number of likely N-dealkylation sites (N-methyl/N-ethyl adjacent to an activating group) is 1. The molecule has 2 fully saturated rings. The van der Waals surface area contributed by atoms with E-state index in [-0.39, 0.29) is 12.1 Å². The van der Waals surface area contributed by atoms with Gasteiger partial charge in [0.15, 0.2) is 0 Å². The van der Waals surface area contributed by atoms with E-state index in [0.717, 1.165) is 45.4 Å². The van der Waals surface area contributed by atoms with Crippen LogP contribution in [0.1, 0.15) is 24.8 Å². The van der Waals surface area contributed by atoms with Gasteiger partial charge in [-0.15, -0.1) is 0 Å². The van der Waals surface area contributed by atoms with Gasteiger partial charge in [0.05, 0.1) is 0 Å². The summed E-state index contributed by atoms with van der Waals surface area (Å²) in [6.45, 7) is 4.71. The quantitative estimate of drug-likeness (QED) is 0.895. The first-order chi connectivity index (χ1) is 11.6. The number of benzene rings is 1. The van der Waals surface area contributed by atoms with Gasteiger partial charge < -0.3 is 20.4 Å². The van der Waals surface area contributed by atoms with Crippen molar-refractivity contribution >= 4 is 6.03 Å². The summed E-state index contributed by atoms with van der Waals surface area (Å²) in [6.07, 6.45) is 4.31. The van der Waals surface area contributed by atoms with Crippen molar-refractivity contribution in [1.82, 2.24) is 14.7 Å². The molecule has 0 saturated carbocycles. The predicted octanol–water partition coefficient (Wildman–Crippen LogP) is 1.78. The molecule has 2 aliphatic rings. The summed E-state index contributed by atoms with van der Waals surface area (Å²) in [5, 5.41) is 0. The van der Waals surface area contributed by atoms with Crippen molar-refractivity contribution < 1.29 is 4.79 Å². The first-order valence-electron chi connectivity index (χ1n) is 9.17. The summed E-state index contributed by atoms with van der Waals surface area (Å²) in [6, 6.07) is 11.3. The largest absolute Gasteiger partial charge is 0.326 e. The van der Waals surface area contributed by atoms with Crippen LogP contribution >= 0.6 is 0 Å². The third kappa shape index (κ3) is 4.28. The molecule has 0 aliphatic carbocycles. The summed E-state index contributed by atoms with van der Waals surface area (Å²) >= 11 is 0. The molecular weight excluding hydrogens is 300 g/mol. The van der Waals surface area contributed by atoms with Crippen LogP contribution in [0.5, 0.6) is 0 Å². The molecular formula is C19H30N4O. The van der Waals surface area contributed by atoms with Crippen molar-refractivity contribution in [2.24, 2.45) is 5.73 Å². The van der Waals surface area contributed by atoms with Crippen LogP contribution in [0.4, 0.5) is 4.79 Å².